The summed E-state index contributed by atoms with van der Waals surface area (Å²) in [5.41, 5.74) is 0.921. The second kappa shape index (κ2) is 9.27. The lowest BCUT2D eigenvalue weighted by molar-refractivity contribution is 0.0942. The zero-order valence-corrected chi connectivity index (χ0v) is 15.4. The molecule has 8 heteroatoms. The third kappa shape index (κ3) is 4.91. The van der Waals surface area contributed by atoms with Crippen LogP contribution in [0.5, 0.6) is 0 Å². The molecule has 0 saturated carbocycles. The fourth-order valence-corrected chi connectivity index (χ4v) is 3.01. The van der Waals surface area contributed by atoms with Crippen LogP contribution in [0.25, 0.3) is 0 Å². The van der Waals surface area contributed by atoms with Gasteiger partial charge in [-0.05, 0) is 30.7 Å². The lowest BCUT2D eigenvalue weighted by Gasteiger charge is -2.36. The molecule has 1 aromatic carbocycles. The number of carbonyl (C=O) groups excluding carboxylic acids is 1. The molecular weight excluding hydrogens is 349 g/mol. The highest BCUT2D eigenvalue weighted by atomic mass is 19.1. The van der Waals surface area contributed by atoms with Gasteiger partial charge in [0.25, 0.3) is 5.91 Å². The normalized spacial score (nSPS) is 14.3. The molecular formula is C19H24FN5O2. The topological polar surface area (TPSA) is 70.6 Å². The number of ether oxygens (including phenoxy) is 1. The standard InChI is InChI=1S/C19H24FN5O2/c1-27-14-4-9-21-19(26)16-7-8-18(23-22-16)25-12-10-24(11-13-25)17-6-3-2-5-15(17)20/h2-3,5-8H,4,9-14H2,1H3,(H,21,26). The number of halogens is 1. The highest BCUT2D eigenvalue weighted by Gasteiger charge is 2.20. The van der Waals surface area contributed by atoms with Gasteiger partial charge in [-0.25, -0.2) is 4.39 Å². The van der Waals surface area contributed by atoms with Crippen molar-refractivity contribution >= 4 is 17.4 Å². The number of benzene rings is 1. The molecule has 0 atom stereocenters. The molecule has 0 radical (unpaired) electrons. The Balaban J connectivity index is 1.53. The number of anilines is 2. The predicted molar refractivity (Wildman–Crippen MR) is 102 cm³/mol. The summed E-state index contributed by atoms with van der Waals surface area (Å²) in [6.45, 7) is 3.96. The summed E-state index contributed by atoms with van der Waals surface area (Å²) < 4.78 is 18.9. The summed E-state index contributed by atoms with van der Waals surface area (Å²) in [4.78, 5) is 16.1. The van der Waals surface area contributed by atoms with Crippen LogP contribution in [0.2, 0.25) is 0 Å². The summed E-state index contributed by atoms with van der Waals surface area (Å²) in [5.74, 6) is 0.278. The van der Waals surface area contributed by atoms with Gasteiger partial charge >= 0.3 is 0 Å². The van der Waals surface area contributed by atoms with Gasteiger partial charge in [-0.2, -0.15) is 0 Å². The number of nitrogens with one attached hydrogen (secondary N) is 1. The van der Waals surface area contributed by atoms with E-state index in [1.54, 1.807) is 31.4 Å². The molecule has 0 aliphatic carbocycles. The first kappa shape index (κ1) is 19.0. The molecule has 1 aromatic heterocycles. The third-order valence-corrected chi connectivity index (χ3v) is 4.49. The van der Waals surface area contributed by atoms with E-state index in [0.717, 1.165) is 12.2 Å². The van der Waals surface area contributed by atoms with Crippen LogP contribution in [0.15, 0.2) is 36.4 Å². The van der Waals surface area contributed by atoms with Gasteiger partial charge in [0.1, 0.15) is 5.82 Å². The van der Waals surface area contributed by atoms with Crippen LogP contribution in [0, 0.1) is 5.82 Å². The number of aromatic nitrogens is 2. The van der Waals surface area contributed by atoms with Gasteiger partial charge in [-0.3, -0.25) is 4.79 Å². The maximum absolute atomic E-state index is 13.9. The molecule has 1 N–H and O–H groups in total. The van der Waals surface area contributed by atoms with E-state index in [4.69, 9.17) is 4.74 Å². The van der Waals surface area contributed by atoms with E-state index in [1.165, 1.54) is 6.07 Å². The molecule has 0 unspecified atom stereocenters. The van der Waals surface area contributed by atoms with Crippen molar-refractivity contribution in [1.29, 1.82) is 0 Å². The molecule has 3 rings (SSSR count). The van der Waals surface area contributed by atoms with Crippen molar-refractivity contribution < 1.29 is 13.9 Å². The Hall–Kier alpha value is -2.74. The van der Waals surface area contributed by atoms with Crippen LogP contribution in [0.4, 0.5) is 15.9 Å². The summed E-state index contributed by atoms with van der Waals surface area (Å²) >= 11 is 0. The first-order valence-corrected chi connectivity index (χ1v) is 9.04. The molecule has 1 amide bonds. The van der Waals surface area contributed by atoms with E-state index >= 15 is 0 Å². The Morgan fingerprint density at radius 2 is 1.85 bits per heavy atom. The molecule has 1 aliphatic rings. The van der Waals surface area contributed by atoms with Crippen molar-refractivity contribution in [1.82, 2.24) is 15.5 Å². The largest absolute Gasteiger partial charge is 0.385 e. The van der Waals surface area contributed by atoms with Gasteiger partial charge in [0.15, 0.2) is 11.5 Å². The van der Waals surface area contributed by atoms with Crippen molar-refractivity contribution in [3.63, 3.8) is 0 Å². The number of rotatable bonds is 7. The van der Waals surface area contributed by atoms with E-state index in [1.807, 2.05) is 11.0 Å². The van der Waals surface area contributed by atoms with Crippen molar-refractivity contribution in [2.24, 2.45) is 0 Å². The van der Waals surface area contributed by atoms with Crippen molar-refractivity contribution in [2.45, 2.75) is 6.42 Å². The molecule has 1 saturated heterocycles. The number of para-hydroxylation sites is 1. The molecule has 27 heavy (non-hydrogen) atoms. The third-order valence-electron chi connectivity index (χ3n) is 4.49. The zero-order chi connectivity index (χ0) is 19.1. The summed E-state index contributed by atoms with van der Waals surface area (Å²) in [7, 11) is 1.63. The number of hydrogen-bond acceptors (Lipinski definition) is 6. The number of piperazine rings is 1. The smallest absolute Gasteiger partial charge is 0.271 e. The molecule has 0 bridgehead atoms. The quantitative estimate of drug-likeness (QED) is 0.745. The van der Waals surface area contributed by atoms with E-state index in [0.29, 0.717) is 50.7 Å². The SMILES string of the molecule is COCCCNC(=O)c1ccc(N2CCN(c3ccccc3F)CC2)nn1. The average Bonchev–Trinajstić information content (AvgIpc) is 2.72. The minimum Gasteiger partial charge on any atom is -0.385 e. The predicted octanol–water partition coefficient (Wildman–Crippen LogP) is 1.71. The highest BCUT2D eigenvalue weighted by Crippen LogP contribution is 2.21. The van der Waals surface area contributed by atoms with Crippen LogP contribution in [0.1, 0.15) is 16.9 Å². The van der Waals surface area contributed by atoms with Gasteiger partial charge in [0.05, 0.1) is 5.69 Å². The summed E-state index contributed by atoms with van der Waals surface area (Å²) in [6.07, 6.45) is 0.750. The highest BCUT2D eigenvalue weighted by molar-refractivity contribution is 5.92. The first-order valence-electron chi connectivity index (χ1n) is 9.04. The van der Waals surface area contributed by atoms with Crippen LogP contribution >= 0.6 is 0 Å². The maximum atomic E-state index is 13.9. The molecule has 2 aromatic rings. The number of hydrogen-bond donors (Lipinski definition) is 1. The molecule has 0 spiro atoms. The summed E-state index contributed by atoms with van der Waals surface area (Å²) in [6, 6.07) is 10.3. The van der Waals surface area contributed by atoms with Crippen LogP contribution < -0.4 is 15.1 Å². The number of nitrogens with zero attached hydrogens (tertiary/aromatic N) is 4. The fourth-order valence-electron chi connectivity index (χ4n) is 3.01. The Morgan fingerprint density at radius 1 is 1.11 bits per heavy atom. The molecule has 144 valence electrons. The Kier molecular flexibility index (Phi) is 6.54. The van der Waals surface area contributed by atoms with Crippen molar-refractivity contribution in [3.05, 3.63) is 47.9 Å². The van der Waals surface area contributed by atoms with Gasteiger partial charge < -0.3 is 19.9 Å². The Bertz CT molecular complexity index is 748. The minimum atomic E-state index is -0.241. The van der Waals surface area contributed by atoms with Gasteiger partial charge in [-0.1, -0.05) is 12.1 Å². The second-order valence-corrected chi connectivity index (χ2v) is 6.30. The lowest BCUT2D eigenvalue weighted by atomic mass is 10.2. The fraction of sp³-hybridized carbons (Fsp3) is 0.421. The molecule has 2 heterocycles. The maximum Gasteiger partial charge on any atom is 0.271 e. The van der Waals surface area contributed by atoms with Gasteiger partial charge in [0.2, 0.25) is 0 Å². The average molecular weight is 373 g/mol. The van der Waals surface area contributed by atoms with Gasteiger partial charge in [-0.15, -0.1) is 10.2 Å². The Labute approximate surface area is 158 Å². The Morgan fingerprint density at radius 3 is 2.52 bits per heavy atom. The summed E-state index contributed by atoms with van der Waals surface area (Å²) in [5, 5.41) is 11.0. The van der Waals surface area contributed by atoms with E-state index in [2.05, 4.69) is 20.4 Å². The first-order chi connectivity index (χ1) is 13.2. The molecule has 1 fully saturated rings. The van der Waals surface area contributed by atoms with Crippen molar-refractivity contribution in [2.75, 3.05) is 56.2 Å². The molecule has 7 nitrogen and oxygen atoms in total. The zero-order valence-electron chi connectivity index (χ0n) is 15.4. The lowest BCUT2D eigenvalue weighted by Crippen LogP contribution is -2.47. The number of methoxy groups -OCH3 is 1. The van der Waals surface area contributed by atoms with Crippen LogP contribution in [-0.4, -0.2) is 62.5 Å². The minimum absolute atomic E-state index is 0.202. The van der Waals surface area contributed by atoms with Crippen molar-refractivity contribution in [3.8, 4) is 0 Å². The monoisotopic (exact) mass is 373 g/mol. The molecule has 1 aliphatic heterocycles. The number of carbonyl (C=O) groups is 1. The van der Waals surface area contributed by atoms with Crippen LogP contribution in [-0.2, 0) is 4.74 Å². The number of amides is 1. The second-order valence-electron chi connectivity index (χ2n) is 6.30. The van der Waals surface area contributed by atoms with E-state index < -0.39 is 0 Å². The van der Waals surface area contributed by atoms with E-state index in [9.17, 15) is 9.18 Å². The van der Waals surface area contributed by atoms with Gasteiger partial charge in [0, 0.05) is 46.4 Å². The van der Waals surface area contributed by atoms with E-state index in [-0.39, 0.29) is 11.7 Å². The van der Waals surface area contributed by atoms with Crippen LogP contribution in [0.3, 0.4) is 0 Å².